The van der Waals surface area contributed by atoms with E-state index in [1.54, 1.807) is 0 Å². The van der Waals surface area contributed by atoms with Crippen molar-refractivity contribution in [3.05, 3.63) is 95.3 Å². The number of aromatic nitrogens is 1. The lowest BCUT2D eigenvalue weighted by Crippen LogP contribution is -2.11. The highest BCUT2D eigenvalue weighted by atomic mass is 79.9. The number of fused-ring (bicyclic) bond motifs is 1. The average Bonchev–Trinajstić information content (AvgIpc) is 2.62. The Bertz CT molecular complexity index is 913. The van der Waals surface area contributed by atoms with Gasteiger partial charge in [0.25, 0.3) is 0 Å². The zero-order valence-electron chi connectivity index (χ0n) is 14.0. The van der Waals surface area contributed by atoms with Crippen LogP contribution < -0.4 is 5.36 Å². The highest BCUT2D eigenvalue weighted by Gasteiger charge is 2.00. The van der Waals surface area contributed by atoms with Gasteiger partial charge >= 0.3 is 0 Å². The van der Waals surface area contributed by atoms with Crippen LogP contribution in [0.2, 0.25) is 0 Å². The molecule has 5 nitrogen and oxygen atoms in total. The molecule has 2 heterocycles. The second-order valence-corrected chi connectivity index (χ2v) is 5.43. The maximum absolute atomic E-state index is 10.2. The van der Waals surface area contributed by atoms with Gasteiger partial charge in [-0.05, 0) is 35.0 Å². The monoisotopic (exact) mass is 478 g/mol. The van der Waals surface area contributed by atoms with E-state index in [-0.39, 0.29) is 34.0 Å². The number of nitrogens with one attached hydrogen (secondary N) is 1. The minimum absolute atomic E-state index is 0. The molecule has 0 saturated heterocycles. The van der Waals surface area contributed by atoms with Gasteiger partial charge in [0.05, 0.1) is 17.1 Å². The van der Waals surface area contributed by atoms with Crippen LogP contribution in [-0.4, -0.2) is 16.0 Å². The Labute approximate surface area is 173 Å². The Balaban J connectivity index is 0.00000169. The standard InChI is InChI=1S/C19H18N4O.2BrH/c20-18-9-14-23(19-6-2-1-5-17(18)19)11-4-3-10-22-12-7-16(8-13-22)15-21-24;;/h1-9,12-15,20H,10-11H2;2*1H/b4-3+,20-18?;;. The Morgan fingerprint density at radius 3 is 2.42 bits per heavy atom. The topological polar surface area (TPSA) is 61.5 Å². The number of pyridine rings is 1. The van der Waals surface area contributed by atoms with Crippen molar-refractivity contribution >= 4 is 44.9 Å². The van der Waals surface area contributed by atoms with Crippen LogP contribution in [0.5, 0.6) is 0 Å². The minimum atomic E-state index is 0. The van der Waals surface area contributed by atoms with Crippen LogP contribution in [0.25, 0.3) is 10.9 Å². The van der Waals surface area contributed by atoms with E-state index >= 15 is 0 Å². The van der Waals surface area contributed by atoms with Crippen molar-refractivity contribution in [3.8, 4) is 0 Å². The number of para-hydroxylation sites is 1. The fourth-order valence-electron chi connectivity index (χ4n) is 2.57. The van der Waals surface area contributed by atoms with Crippen molar-refractivity contribution in [2.75, 3.05) is 6.54 Å². The maximum atomic E-state index is 10.2. The molecule has 0 bridgehead atoms. The molecule has 1 aliphatic rings. The predicted molar refractivity (Wildman–Crippen MR) is 116 cm³/mol. The van der Waals surface area contributed by atoms with E-state index in [1.165, 1.54) is 6.20 Å². The Morgan fingerprint density at radius 1 is 1.00 bits per heavy atom. The lowest BCUT2D eigenvalue weighted by Gasteiger charge is -2.16. The second-order valence-electron chi connectivity index (χ2n) is 5.43. The number of hydrogen-bond donors (Lipinski definition) is 1. The molecule has 0 saturated carbocycles. The summed E-state index contributed by atoms with van der Waals surface area (Å²) in [6.07, 6.45) is 15.0. The molecular weight excluding hydrogens is 460 g/mol. The van der Waals surface area contributed by atoms with Gasteiger partial charge in [0.2, 0.25) is 0 Å². The third-order valence-electron chi connectivity index (χ3n) is 3.83. The quantitative estimate of drug-likeness (QED) is 0.493. The molecule has 1 N–H and O–H groups in total. The molecule has 0 amide bonds. The lowest BCUT2D eigenvalue weighted by atomic mass is 10.2. The number of halogens is 2. The molecule has 1 aromatic carbocycles. The molecule has 0 atom stereocenters. The van der Waals surface area contributed by atoms with Crippen molar-refractivity contribution in [1.29, 1.82) is 5.41 Å². The molecule has 0 unspecified atom stereocenters. The van der Waals surface area contributed by atoms with Crippen LogP contribution in [-0.2, 0) is 6.54 Å². The average molecular weight is 480 g/mol. The number of nitroso groups, excluding NO2 is 1. The van der Waals surface area contributed by atoms with Crippen LogP contribution >= 0.6 is 34.0 Å². The first-order valence-corrected chi connectivity index (χ1v) is 7.70. The van der Waals surface area contributed by atoms with Crippen molar-refractivity contribution in [2.24, 2.45) is 5.18 Å². The summed E-state index contributed by atoms with van der Waals surface area (Å²) in [6.45, 7) is 1.51. The third kappa shape index (κ3) is 5.37. The molecule has 0 fully saturated rings. The molecule has 1 aromatic heterocycles. The lowest BCUT2D eigenvalue weighted by molar-refractivity contribution is 0.559. The molecule has 26 heavy (non-hydrogen) atoms. The zero-order valence-corrected chi connectivity index (χ0v) is 17.4. The summed E-state index contributed by atoms with van der Waals surface area (Å²) in [5.41, 5.74) is 1.85. The summed E-state index contributed by atoms with van der Waals surface area (Å²) in [5.74, 6) is 0. The highest BCUT2D eigenvalue weighted by Crippen LogP contribution is 2.10. The van der Waals surface area contributed by atoms with Gasteiger partial charge in [0.1, 0.15) is 0 Å². The molecule has 3 rings (SSSR count). The Morgan fingerprint density at radius 2 is 1.69 bits per heavy atom. The van der Waals surface area contributed by atoms with Gasteiger partial charge in [-0.1, -0.05) is 30.4 Å². The number of benzene rings is 1. The van der Waals surface area contributed by atoms with Gasteiger partial charge in [-0.25, -0.2) is 0 Å². The summed E-state index contributed by atoms with van der Waals surface area (Å²) in [4.78, 5) is 12.2. The predicted octanol–water partition coefficient (Wildman–Crippen LogP) is 4.83. The molecule has 2 aromatic rings. The van der Waals surface area contributed by atoms with Crippen molar-refractivity contribution in [3.63, 3.8) is 0 Å². The van der Waals surface area contributed by atoms with Crippen molar-refractivity contribution in [2.45, 2.75) is 6.54 Å². The summed E-state index contributed by atoms with van der Waals surface area (Å²) < 4.78 is 2.13. The van der Waals surface area contributed by atoms with Crippen LogP contribution in [0.3, 0.4) is 0 Å². The number of hydrogen-bond acceptors (Lipinski definition) is 4. The van der Waals surface area contributed by atoms with Crippen molar-refractivity contribution in [1.82, 2.24) is 9.47 Å². The van der Waals surface area contributed by atoms with E-state index in [2.05, 4.69) is 21.9 Å². The SMILES string of the molecule is Br.Br.N=c1ccn(C/C=C/CN2C=CC(=CN=O)C=C2)c2ccccc12. The van der Waals surface area contributed by atoms with Crippen LogP contribution in [0.4, 0.5) is 0 Å². The van der Waals surface area contributed by atoms with Gasteiger partial charge < -0.3 is 14.9 Å². The van der Waals surface area contributed by atoms with E-state index in [0.29, 0.717) is 5.36 Å². The molecule has 7 heteroatoms. The smallest absolute Gasteiger partial charge is 0.0788 e. The van der Waals surface area contributed by atoms with Crippen LogP contribution in [0.15, 0.2) is 90.2 Å². The number of nitrogens with zero attached hydrogens (tertiary/aromatic N) is 3. The van der Waals surface area contributed by atoms with Gasteiger partial charge in [0.15, 0.2) is 0 Å². The number of allylic oxidation sites excluding steroid dienone is 4. The van der Waals surface area contributed by atoms with E-state index in [4.69, 9.17) is 5.41 Å². The first-order chi connectivity index (χ1) is 11.8. The molecule has 0 spiro atoms. The van der Waals surface area contributed by atoms with Gasteiger partial charge in [-0.3, -0.25) is 0 Å². The molecule has 1 aliphatic heterocycles. The zero-order chi connectivity index (χ0) is 16.8. The maximum Gasteiger partial charge on any atom is 0.0788 e. The number of rotatable bonds is 5. The fourth-order valence-corrected chi connectivity index (χ4v) is 2.57. The first-order valence-electron chi connectivity index (χ1n) is 7.70. The minimum Gasteiger partial charge on any atom is -0.350 e. The van der Waals surface area contributed by atoms with Crippen LogP contribution in [0, 0.1) is 10.3 Å². The van der Waals surface area contributed by atoms with Crippen LogP contribution in [0.1, 0.15) is 0 Å². The Hall–Kier alpha value is -2.25. The first kappa shape index (κ1) is 21.8. The van der Waals surface area contributed by atoms with E-state index < -0.39 is 0 Å². The second kappa shape index (κ2) is 10.7. The fraction of sp³-hybridized carbons (Fsp3) is 0.105. The largest absolute Gasteiger partial charge is 0.350 e. The summed E-state index contributed by atoms with van der Waals surface area (Å²) >= 11 is 0. The third-order valence-corrected chi connectivity index (χ3v) is 3.83. The van der Waals surface area contributed by atoms with Gasteiger partial charge in [-0.15, -0.1) is 38.9 Å². The molecule has 0 radical (unpaired) electrons. The summed E-state index contributed by atoms with van der Waals surface area (Å²) in [6, 6.07) is 9.77. The molecule has 136 valence electrons. The summed E-state index contributed by atoms with van der Waals surface area (Å²) in [7, 11) is 0. The Kier molecular flexibility index (Phi) is 8.95. The summed E-state index contributed by atoms with van der Waals surface area (Å²) in [5, 5.41) is 12.2. The molecular formula is C19H20Br2N4O. The highest BCUT2D eigenvalue weighted by molar-refractivity contribution is 8.93. The normalized spacial score (nSPS) is 12.8. The molecule has 0 aliphatic carbocycles. The van der Waals surface area contributed by atoms with E-state index in [1.807, 2.05) is 66.0 Å². The van der Waals surface area contributed by atoms with E-state index in [9.17, 15) is 4.91 Å². The van der Waals surface area contributed by atoms with Gasteiger partial charge in [-0.2, -0.15) is 0 Å². The van der Waals surface area contributed by atoms with Gasteiger partial charge in [0, 0.05) is 37.1 Å². The van der Waals surface area contributed by atoms with E-state index in [0.717, 1.165) is 29.6 Å². The van der Waals surface area contributed by atoms with Crippen molar-refractivity contribution < 1.29 is 0 Å².